The summed E-state index contributed by atoms with van der Waals surface area (Å²) < 4.78 is 8.45. The highest BCUT2D eigenvalue weighted by atomic mass is 16.5. The number of hydrogen-bond acceptors (Lipinski definition) is 4. The molecule has 2 unspecified atom stereocenters. The number of nitrogens with one attached hydrogen (secondary N) is 1. The quantitative estimate of drug-likeness (QED) is 0.881. The molecule has 1 saturated heterocycles. The summed E-state index contributed by atoms with van der Waals surface area (Å²) in [6, 6.07) is 1.75. The summed E-state index contributed by atoms with van der Waals surface area (Å²) in [5, 5.41) is 3.62. The third-order valence-electron chi connectivity index (χ3n) is 4.73. The fourth-order valence-electron chi connectivity index (χ4n) is 3.22. The number of hydrogen-bond donors (Lipinski definition) is 1. The van der Waals surface area contributed by atoms with Crippen LogP contribution in [0.1, 0.15) is 43.5 Å². The van der Waals surface area contributed by atoms with Crippen LogP contribution in [0.25, 0.3) is 0 Å². The summed E-state index contributed by atoms with van der Waals surface area (Å²) in [5.74, 6) is 0. The van der Waals surface area contributed by atoms with Gasteiger partial charge in [0.25, 0.3) is 0 Å². The van der Waals surface area contributed by atoms with Gasteiger partial charge in [-0.3, -0.25) is 4.90 Å². The molecule has 5 nitrogen and oxygen atoms in total. The smallest absolute Gasteiger partial charge is 0.0951 e. The van der Waals surface area contributed by atoms with Crippen molar-refractivity contribution in [2.75, 3.05) is 26.7 Å². The van der Waals surface area contributed by atoms with Crippen LogP contribution in [0, 0.1) is 0 Å². The van der Waals surface area contributed by atoms with E-state index in [0.29, 0.717) is 12.1 Å². The third-order valence-corrected chi connectivity index (χ3v) is 4.73. The van der Waals surface area contributed by atoms with Crippen molar-refractivity contribution in [3.8, 4) is 0 Å². The molecule has 0 amide bonds. The van der Waals surface area contributed by atoms with Gasteiger partial charge in [0.05, 0.1) is 30.8 Å². The van der Waals surface area contributed by atoms with E-state index in [0.717, 1.165) is 25.7 Å². The van der Waals surface area contributed by atoms with Crippen LogP contribution in [0.2, 0.25) is 0 Å². The van der Waals surface area contributed by atoms with Gasteiger partial charge in [-0.05, 0) is 32.7 Å². The van der Waals surface area contributed by atoms with Gasteiger partial charge < -0.3 is 14.6 Å². The van der Waals surface area contributed by atoms with Crippen molar-refractivity contribution in [3.05, 3.63) is 18.2 Å². The first-order valence-corrected chi connectivity index (χ1v) is 7.90. The van der Waals surface area contributed by atoms with E-state index in [9.17, 15) is 0 Å². The van der Waals surface area contributed by atoms with Crippen molar-refractivity contribution < 1.29 is 4.74 Å². The van der Waals surface area contributed by atoms with Crippen LogP contribution in [-0.4, -0.2) is 53.3 Å². The molecule has 5 heteroatoms. The van der Waals surface area contributed by atoms with Gasteiger partial charge in [-0.2, -0.15) is 0 Å². The van der Waals surface area contributed by atoms with Crippen molar-refractivity contribution in [2.45, 2.75) is 49.9 Å². The Morgan fingerprint density at radius 3 is 2.95 bits per heavy atom. The van der Waals surface area contributed by atoms with E-state index < -0.39 is 0 Å². The van der Waals surface area contributed by atoms with E-state index >= 15 is 0 Å². The van der Waals surface area contributed by atoms with Gasteiger partial charge in [0, 0.05) is 31.4 Å². The Kier molecular flexibility index (Phi) is 3.28. The molecule has 2 atom stereocenters. The Labute approximate surface area is 120 Å². The first-order chi connectivity index (χ1) is 9.83. The zero-order valence-corrected chi connectivity index (χ0v) is 12.2. The van der Waals surface area contributed by atoms with E-state index in [1.165, 1.54) is 31.4 Å². The number of ether oxygens (including phenoxy) is 1. The highest BCUT2D eigenvalue weighted by molar-refractivity contribution is 5.12. The lowest BCUT2D eigenvalue weighted by Gasteiger charge is -2.39. The third kappa shape index (κ3) is 2.50. The van der Waals surface area contributed by atoms with Crippen LogP contribution in [0.3, 0.4) is 0 Å². The van der Waals surface area contributed by atoms with Crippen LogP contribution in [-0.2, 0) is 4.74 Å². The lowest BCUT2D eigenvalue weighted by Crippen LogP contribution is -2.48. The average molecular weight is 276 g/mol. The van der Waals surface area contributed by atoms with Gasteiger partial charge >= 0.3 is 0 Å². The molecule has 2 aliphatic carbocycles. The highest BCUT2D eigenvalue weighted by Gasteiger charge is 2.37. The van der Waals surface area contributed by atoms with Crippen LogP contribution < -0.4 is 5.32 Å². The summed E-state index contributed by atoms with van der Waals surface area (Å²) >= 11 is 0. The number of imidazole rings is 1. The Balaban J connectivity index is 1.54. The van der Waals surface area contributed by atoms with E-state index in [1.807, 2.05) is 12.5 Å². The first kappa shape index (κ1) is 12.8. The molecule has 0 bridgehead atoms. The minimum Gasteiger partial charge on any atom is -0.374 e. The van der Waals surface area contributed by atoms with Gasteiger partial charge in [0.1, 0.15) is 0 Å². The monoisotopic (exact) mass is 276 g/mol. The normalized spacial score (nSPS) is 31.6. The summed E-state index contributed by atoms with van der Waals surface area (Å²) in [4.78, 5) is 6.82. The van der Waals surface area contributed by atoms with E-state index in [-0.39, 0.29) is 6.10 Å². The second-order valence-electron chi connectivity index (χ2n) is 6.47. The maximum absolute atomic E-state index is 6.07. The number of nitrogens with zero attached hydrogens (tertiary/aromatic N) is 3. The summed E-state index contributed by atoms with van der Waals surface area (Å²) in [6.07, 6.45) is 9.53. The van der Waals surface area contributed by atoms with E-state index in [4.69, 9.17) is 4.74 Å². The van der Waals surface area contributed by atoms with Crippen molar-refractivity contribution in [3.63, 3.8) is 0 Å². The summed E-state index contributed by atoms with van der Waals surface area (Å²) in [7, 11) is 2.21. The predicted molar refractivity (Wildman–Crippen MR) is 76.6 cm³/mol. The van der Waals surface area contributed by atoms with Crippen LogP contribution >= 0.6 is 0 Å². The van der Waals surface area contributed by atoms with Crippen LogP contribution in [0.5, 0.6) is 0 Å². The Morgan fingerprint density at radius 1 is 1.35 bits per heavy atom. The van der Waals surface area contributed by atoms with Crippen molar-refractivity contribution in [1.82, 2.24) is 19.8 Å². The molecule has 2 saturated carbocycles. The van der Waals surface area contributed by atoms with Gasteiger partial charge in [0.2, 0.25) is 0 Å². The molecule has 0 spiro atoms. The fraction of sp³-hybridized carbons (Fsp3) is 0.800. The molecule has 4 rings (SSSR count). The molecule has 1 aliphatic heterocycles. The second kappa shape index (κ2) is 5.13. The van der Waals surface area contributed by atoms with Gasteiger partial charge in [-0.1, -0.05) is 0 Å². The molecule has 110 valence electrons. The largest absolute Gasteiger partial charge is 0.374 e. The van der Waals surface area contributed by atoms with Crippen molar-refractivity contribution in [1.29, 1.82) is 0 Å². The molecule has 1 aromatic heterocycles. The second-order valence-corrected chi connectivity index (χ2v) is 6.47. The standard InChI is InChI=1S/C15H24N4O/c1-18-6-7-20-14(9-17-11-2-3-11)15(18)13-8-16-10-19(13)12-4-5-12/h8,10-12,14-15,17H,2-7,9H2,1H3. The van der Waals surface area contributed by atoms with Crippen LogP contribution in [0.15, 0.2) is 12.5 Å². The number of likely N-dealkylation sites (N-methyl/N-ethyl adjacent to an activating group) is 1. The molecular weight excluding hydrogens is 252 g/mol. The zero-order chi connectivity index (χ0) is 13.5. The minimum atomic E-state index is 0.239. The number of aromatic nitrogens is 2. The van der Waals surface area contributed by atoms with Crippen LogP contribution in [0.4, 0.5) is 0 Å². The highest BCUT2D eigenvalue weighted by Crippen LogP contribution is 2.39. The molecule has 0 radical (unpaired) electrons. The average Bonchev–Trinajstić information content (AvgIpc) is 3.37. The first-order valence-electron chi connectivity index (χ1n) is 7.90. The molecule has 1 N–H and O–H groups in total. The Bertz CT molecular complexity index is 466. The lowest BCUT2D eigenvalue weighted by atomic mass is 10.0. The maximum Gasteiger partial charge on any atom is 0.0951 e. The zero-order valence-electron chi connectivity index (χ0n) is 12.2. The molecule has 2 heterocycles. The van der Waals surface area contributed by atoms with E-state index in [1.54, 1.807) is 0 Å². The molecule has 3 aliphatic rings. The Morgan fingerprint density at radius 2 is 2.20 bits per heavy atom. The molecule has 20 heavy (non-hydrogen) atoms. The SMILES string of the molecule is CN1CCOC(CNC2CC2)C1c1cncn1C1CC1. The van der Waals surface area contributed by atoms with E-state index in [2.05, 4.69) is 26.8 Å². The van der Waals surface area contributed by atoms with Crippen molar-refractivity contribution >= 4 is 0 Å². The number of morpholine rings is 1. The molecular formula is C15H24N4O. The summed E-state index contributed by atoms with van der Waals surface area (Å²) in [6.45, 7) is 2.79. The lowest BCUT2D eigenvalue weighted by molar-refractivity contribution is -0.0638. The molecule has 1 aromatic rings. The number of rotatable bonds is 5. The molecule has 3 fully saturated rings. The predicted octanol–water partition coefficient (Wildman–Crippen LogP) is 1.34. The topological polar surface area (TPSA) is 42.3 Å². The van der Waals surface area contributed by atoms with Gasteiger partial charge in [-0.15, -0.1) is 0 Å². The maximum atomic E-state index is 6.07. The summed E-state index contributed by atoms with van der Waals surface area (Å²) in [5.41, 5.74) is 1.33. The molecule has 0 aromatic carbocycles. The van der Waals surface area contributed by atoms with Gasteiger partial charge in [-0.25, -0.2) is 4.98 Å². The van der Waals surface area contributed by atoms with Crippen molar-refractivity contribution in [2.24, 2.45) is 0 Å². The fourth-order valence-corrected chi connectivity index (χ4v) is 3.22. The van der Waals surface area contributed by atoms with Gasteiger partial charge in [0.15, 0.2) is 0 Å². The Hall–Kier alpha value is -0.910. The minimum absolute atomic E-state index is 0.239.